The SMILES string of the molecule is O=C1S/C(=C/c2ccccc2)C(=O)N1CCn1cnc2sc3c(c2c1=O)CCCC3. The third-order valence-electron chi connectivity index (χ3n) is 5.48. The van der Waals surface area contributed by atoms with E-state index in [0.717, 1.165) is 58.8 Å². The van der Waals surface area contributed by atoms with E-state index in [-0.39, 0.29) is 29.8 Å². The largest absolute Gasteiger partial charge is 0.297 e. The molecule has 1 aliphatic heterocycles. The molecule has 8 heteroatoms. The summed E-state index contributed by atoms with van der Waals surface area (Å²) in [6, 6.07) is 9.44. The summed E-state index contributed by atoms with van der Waals surface area (Å²) >= 11 is 2.55. The van der Waals surface area contributed by atoms with Crippen molar-refractivity contribution in [2.75, 3.05) is 6.54 Å². The number of amides is 2. The lowest BCUT2D eigenvalue weighted by Crippen LogP contribution is -2.34. The molecule has 2 aliphatic rings. The highest BCUT2D eigenvalue weighted by Gasteiger charge is 2.34. The molecule has 1 saturated heterocycles. The van der Waals surface area contributed by atoms with E-state index in [1.165, 1.54) is 20.7 Å². The van der Waals surface area contributed by atoms with Gasteiger partial charge in [-0.3, -0.25) is 23.9 Å². The predicted molar refractivity (Wildman–Crippen MR) is 120 cm³/mol. The summed E-state index contributed by atoms with van der Waals surface area (Å²) in [5, 5.41) is 0.410. The lowest BCUT2D eigenvalue weighted by Gasteiger charge is -2.14. The molecule has 30 heavy (non-hydrogen) atoms. The van der Waals surface area contributed by atoms with Gasteiger partial charge in [-0.2, -0.15) is 0 Å². The van der Waals surface area contributed by atoms with E-state index in [4.69, 9.17) is 0 Å². The fraction of sp³-hybridized carbons (Fsp3) is 0.273. The van der Waals surface area contributed by atoms with Crippen LogP contribution in [-0.2, 0) is 24.2 Å². The van der Waals surface area contributed by atoms with Gasteiger partial charge in [0.1, 0.15) is 4.83 Å². The average Bonchev–Trinajstić information content (AvgIpc) is 3.26. The van der Waals surface area contributed by atoms with Crippen molar-refractivity contribution >= 4 is 50.5 Å². The molecule has 0 saturated carbocycles. The van der Waals surface area contributed by atoms with Crippen LogP contribution in [0, 0.1) is 0 Å². The molecule has 0 bridgehead atoms. The lowest BCUT2D eigenvalue weighted by atomic mass is 9.97. The molecule has 0 unspecified atom stereocenters. The van der Waals surface area contributed by atoms with Gasteiger partial charge in [0.05, 0.1) is 16.6 Å². The van der Waals surface area contributed by atoms with Crippen LogP contribution in [0.15, 0.2) is 46.4 Å². The van der Waals surface area contributed by atoms with Crippen molar-refractivity contribution < 1.29 is 9.59 Å². The Labute approximate surface area is 181 Å². The Morgan fingerprint density at radius 2 is 1.83 bits per heavy atom. The maximum Gasteiger partial charge on any atom is 0.293 e. The molecule has 1 fully saturated rings. The lowest BCUT2D eigenvalue weighted by molar-refractivity contribution is -0.122. The highest BCUT2D eigenvalue weighted by atomic mass is 32.2. The standard InChI is InChI=1S/C22H19N3O3S2/c26-20-17(12-14-6-2-1-3-7-14)30-22(28)25(20)11-10-24-13-23-19-18(21(24)27)15-8-4-5-9-16(15)29-19/h1-3,6-7,12-13H,4-5,8-11H2/b17-12+. The molecular weight excluding hydrogens is 418 g/mol. The quantitative estimate of drug-likeness (QED) is 0.575. The van der Waals surface area contributed by atoms with Gasteiger partial charge in [0, 0.05) is 18.0 Å². The minimum Gasteiger partial charge on any atom is -0.297 e. The van der Waals surface area contributed by atoms with Gasteiger partial charge in [0.2, 0.25) is 0 Å². The second kappa shape index (κ2) is 7.85. The van der Waals surface area contributed by atoms with E-state index in [1.807, 2.05) is 30.3 Å². The number of rotatable bonds is 4. The predicted octanol–water partition coefficient (Wildman–Crippen LogP) is 4.07. The van der Waals surface area contributed by atoms with Crippen LogP contribution in [0.4, 0.5) is 4.79 Å². The van der Waals surface area contributed by atoms with Crippen LogP contribution in [-0.4, -0.2) is 32.1 Å². The molecule has 0 N–H and O–H groups in total. The van der Waals surface area contributed by atoms with Crippen molar-refractivity contribution in [3.05, 3.63) is 67.9 Å². The number of thiophene rings is 1. The molecule has 3 heterocycles. The van der Waals surface area contributed by atoms with E-state index in [9.17, 15) is 14.4 Å². The molecule has 0 atom stereocenters. The van der Waals surface area contributed by atoms with Crippen molar-refractivity contribution in [2.45, 2.75) is 32.2 Å². The van der Waals surface area contributed by atoms with Gasteiger partial charge in [-0.1, -0.05) is 30.3 Å². The van der Waals surface area contributed by atoms with Crippen LogP contribution in [0.3, 0.4) is 0 Å². The zero-order valence-corrected chi connectivity index (χ0v) is 17.8. The summed E-state index contributed by atoms with van der Waals surface area (Å²) in [6.45, 7) is 0.388. The van der Waals surface area contributed by atoms with Gasteiger partial charge < -0.3 is 0 Å². The van der Waals surface area contributed by atoms with E-state index < -0.39 is 0 Å². The van der Waals surface area contributed by atoms with Crippen molar-refractivity contribution in [3.63, 3.8) is 0 Å². The number of aryl methyl sites for hydroxylation is 2. The first-order valence-electron chi connectivity index (χ1n) is 9.92. The first-order valence-corrected chi connectivity index (χ1v) is 11.6. The summed E-state index contributed by atoms with van der Waals surface area (Å²) in [5.74, 6) is -0.316. The summed E-state index contributed by atoms with van der Waals surface area (Å²) in [7, 11) is 0. The molecule has 0 radical (unpaired) electrons. The first-order chi connectivity index (χ1) is 14.6. The van der Waals surface area contributed by atoms with Gasteiger partial charge >= 0.3 is 0 Å². The Morgan fingerprint density at radius 3 is 2.67 bits per heavy atom. The fourth-order valence-electron chi connectivity index (χ4n) is 3.94. The number of hydrogen-bond donors (Lipinski definition) is 0. The summed E-state index contributed by atoms with van der Waals surface area (Å²) in [4.78, 5) is 46.3. The number of aromatic nitrogens is 2. The van der Waals surface area contributed by atoms with Gasteiger partial charge in [-0.25, -0.2) is 4.98 Å². The molecular formula is C22H19N3O3S2. The minimum atomic E-state index is -0.316. The van der Waals surface area contributed by atoms with Gasteiger partial charge in [-0.15, -0.1) is 11.3 Å². The normalized spacial score (nSPS) is 17.9. The highest BCUT2D eigenvalue weighted by molar-refractivity contribution is 8.18. The fourth-order valence-corrected chi connectivity index (χ4v) is 6.03. The van der Waals surface area contributed by atoms with E-state index >= 15 is 0 Å². The van der Waals surface area contributed by atoms with Gasteiger partial charge in [-0.05, 0) is 54.6 Å². The summed E-state index contributed by atoms with van der Waals surface area (Å²) < 4.78 is 1.52. The van der Waals surface area contributed by atoms with Gasteiger partial charge in [0.15, 0.2) is 0 Å². The molecule has 1 aromatic carbocycles. The van der Waals surface area contributed by atoms with Crippen LogP contribution >= 0.6 is 23.1 Å². The zero-order chi connectivity index (χ0) is 20.7. The molecule has 2 amide bonds. The van der Waals surface area contributed by atoms with Crippen LogP contribution in [0.2, 0.25) is 0 Å². The van der Waals surface area contributed by atoms with E-state index in [1.54, 1.807) is 17.4 Å². The van der Waals surface area contributed by atoms with E-state index in [0.29, 0.717) is 4.91 Å². The minimum absolute atomic E-state index is 0.0776. The number of thioether (sulfide) groups is 1. The van der Waals surface area contributed by atoms with Crippen molar-refractivity contribution in [1.82, 2.24) is 14.5 Å². The molecule has 6 nitrogen and oxygen atoms in total. The topological polar surface area (TPSA) is 72.3 Å². The maximum absolute atomic E-state index is 13.1. The number of carbonyl (C=O) groups is 2. The number of carbonyl (C=O) groups excluding carboxylic acids is 2. The number of fused-ring (bicyclic) bond motifs is 3. The third-order valence-corrected chi connectivity index (χ3v) is 7.58. The third kappa shape index (κ3) is 3.40. The van der Waals surface area contributed by atoms with Crippen LogP contribution < -0.4 is 5.56 Å². The second-order valence-electron chi connectivity index (χ2n) is 7.38. The second-order valence-corrected chi connectivity index (χ2v) is 9.46. The number of imide groups is 1. The van der Waals surface area contributed by atoms with Crippen molar-refractivity contribution in [3.8, 4) is 0 Å². The molecule has 0 spiro atoms. The van der Waals surface area contributed by atoms with Crippen LogP contribution in [0.1, 0.15) is 28.8 Å². The smallest absolute Gasteiger partial charge is 0.293 e. The Bertz CT molecular complexity index is 1240. The molecule has 3 aromatic rings. The molecule has 152 valence electrons. The van der Waals surface area contributed by atoms with E-state index in [2.05, 4.69) is 4.98 Å². The number of benzene rings is 1. The van der Waals surface area contributed by atoms with Gasteiger partial charge in [0.25, 0.3) is 16.7 Å². The summed E-state index contributed by atoms with van der Waals surface area (Å²) in [6.07, 6.45) is 7.44. The van der Waals surface area contributed by atoms with Crippen molar-refractivity contribution in [1.29, 1.82) is 0 Å². The number of nitrogens with zero attached hydrogens (tertiary/aromatic N) is 3. The molecule has 1 aliphatic carbocycles. The maximum atomic E-state index is 13.1. The average molecular weight is 438 g/mol. The Balaban J connectivity index is 1.37. The van der Waals surface area contributed by atoms with Crippen molar-refractivity contribution in [2.24, 2.45) is 0 Å². The first kappa shape index (κ1) is 19.3. The molecule has 5 rings (SSSR count). The zero-order valence-electron chi connectivity index (χ0n) is 16.2. The molecule has 2 aromatic heterocycles. The Kier molecular flexibility index (Phi) is 5.04. The van der Waals surface area contributed by atoms with Crippen LogP contribution in [0.25, 0.3) is 16.3 Å². The number of hydrogen-bond acceptors (Lipinski definition) is 6. The Morgan fingerprint density at radius 1 is 1.03 bits per heavy atom. The summed E-state index contributed by atoms with van der Waals surface area (Å²) in [5.41, 5.74) is 1.94. The Hall–Kier alpha value is -2.71. The monoisotopic (exact) mass is 437 g/mol. The van der Waals surface area contributed by atoms with Crippen LogP contribution in [0.5, 0.6) is 0 Å². The highest BCUT2D eigenvalue weighted by Crippen LogP contribution is 2.34.